The van der Waals surface area contributed by atoms with E-state index in [4.69, 9.17) is 5.73 Å². The van der Waals surface area contributed by atoms with Crippen molar-refractivity contribution >= 4 is 5.91 Å². The number of primary amides is 1. The maximum absolute atomic E-state index is 14.3. The molecule has 122 valence electrons. The average Bonchev–Trinajstić information content (AvgIpc) is 2.36. The van der Waals surface area contributed by atoms with Gasteiger partial charge < -0.3 is 10.8 Å². The van der Waals surface area contributed by atoms with E-state index in [2.05, 4.69) is 0 Å². The summed E-state index contributed by atoms with van der Waals surface area (Å²) in [7, 11) is 0. The van der Waals surface area contributed by atoms with Gasteiger partial charge in [0, 0.05) is 6.54 Å². The summed E-state index contributed by atoms with van der Waals surface area (Å²) in [5.74, 6) is -0.767. The fourth-order valence-electron chi connectivity index (χ4n) is 3.09. The standard InChI is InChI=1S/C17H25FN2O2/c1-17(2,3)12-7-6-11(9-13(12)18)10-20-8-4-5-14(21)15(20)16(19)22/h6-7,9,14-15,21H,4-5,8,10H2,1-3H3,(H2,19,22). The number of hydrogen-bond donors (Lipinski definition) is 2. The minimum Gasteiger partial charge on any atom is -0.391 e. The Morgan fingerprint density at radius 3 is 2.68 bits per heavy atom. The summed E-state index contributed by atoms with van der Waals surface area (Å²) >= 11 is 0. The predicted molar refractivity (Wildman–Crippen MR) is 83.7 cm³/mol. The number of carbonyl (C=O) groups is 1. The number of benzene rings is 1. The molecule has 1 aliphatic heterocycles. The summed E-state index contributed by atoms with van der Waals surface area (Å²) in [5.41, 5.74) is 6.60. The molecule has 2 rings (SSSR count). The monoisotopic (exact) mass is 308 g/mol. The number of nitrogens with zero attached hydrogens (tertiary/aromatic N) is 1. The Labute approximate surface area is 131 Å². The van der Waals surface area contributed by atoms with Crippen LogP contribution in [0.4, 0.5) is 4.39 Å². The normalized spacial score (nSPS) is 23.5. The zero-order valence-corrected chi connectivity index (χ0v) is 13.5. The molecule has 3 N–H and O–H groups in total. The summed E-state index contributed by atoms with van der Waals surface area (Å²) in [6, 6.07) is 4.49. The van der Waals surface area contributed by atoms with Crippen LogP contribution in [0, 0.1) is 5.82 Å². The van der Waals surface area contributed by atoms with E-state index >= 15 is 0 Å². The molecule has 1 amide bonds. The van der Waals surface area contributed by atoms with Gasteiger partial charge in [0.05, 0.1) is 6.10 Å². The molecule has 0 radical (unpaired) electrons. The molecule has 1 heterocycles. The molecule has 1 fully saturated rings. The van der Waals surface area contributed by atoms with Crippen molar-refractivity contribution < 1.29 is 14.3 Å². The van der Waals surface area contributed by atoms with Crippen molar-refractivity contribution in [2.45, 2.75) is 57.7 Å². The summed E-state index contributed by atoms with van der Waals surface area (Å²) in [5, 5.41) is 9.98. The van der Waals surface area contributed by atoms with Crippen LogP contribution in [0.15, 0.2) is 18.2 Å². The lowest BCUT2D eigenvalue weighted by Gasteiger charge is -2.37. The Kier molecular flexibility index (Phi) is 4.87. The Morgan fingerprint density at radius 2 is 2.14 bits per heavy atom. The number of carbonyl (C=O) groups excluding carboxylic acids is 1. The third kappa shape index (κ3) is 3.65. The van der Waals surface area contributed by atoms with E-state index in [-0.39, 0.29) is 11.2 Å². The van der Waals surface area contributed by atoms with Gasteiger partial charge >= 0.3 is 0 Å². The van der Waals surface area contributed by atoms with Gasteiger partial charge in [-0.3, -0.25) is 9.69 Å². The van der Waals surface area contributed by atoms with Crippen LogP contribution in [-0.4, -0.2) is 34.6 Å². The number of halogens is 1. The highest BCUT2D eigenvalue weighted by Crippen LogP contribution is 2.27. The van der Waals surface area contributed by atoms with Crippen molar-refractivity contribution in [1.82, 2.24) is 4.90 Å². The lowest BCUT2D eigenvalue weighted by Crippen LogP contribution is -2.54. The molecule has 4 nitrogen and oxygen atoms in total. The second kappa shape index (κ2) is 6.34. The van der Waals surface area contributed by atoms with Crippen molar-refractivity contribution in [3.8, 4) is 0 Å². The summed E-state index contributed by atoms with van der Waals surface area (Å²) < 4.78 is 14.3. The maximum atomic E-state index is 14.3. The lowest BCUT2D eigenvalue weighted by atomic mass is 9.86. The van der Waals surface area contributed by atoms with Gasteiger partial charge in [0.25, 0.3) is 0 Å². The molecule has 0 aromatic heterocycles. The first-order chi connectivity index (χ1) is 10.2. The van der Waals surface area contributed by atoms with Crippen LogP contribution < -0.4 is 5.73 Å². The van der Waals surface area contributed by atoms with Gasteiger partial charge in [-0.15, -0.1) is 0 Å². The zero-order valence-electron chi connectivity index (χ0n) is 13.5. The summed E-state index contributed by atoms with van der Waals surface area (Å²) in [6.07, 6.45) is 0.625. The number of aliphatic hydroxyl groups excluding tert-OH is 1. The van der Waals surface area contributed by atoms with Crippen LogP contribution in [0.2, 0.25) is 0 Å². The number of nitrogens with two attached hydrogens (primary N) is 1. The zero-order chi connectivity index (χ0) is 16.5. The number of hydrogen-bond acceptors (Lipinski definition) is 3. The van der Waals surface area contributed by atoms with Crippen molar-refractivity contribution in [3.05, 3.63) is 35.1 Å². The molecule has 2 atom stereocenters. The second-order valence-corrected chi connectivity index (χ2v) is 7.09. The Balaban J connectivity index is 2.19. The Hall–Kier alpha value is -1.46. The van der Waals surface area contributed by atoms with Gasteiger partial charge in [-0.25, -0.2) is 4.39 Å². The molecule has 1 aromatic carbocycles. The number of piperidine rings is 1. The van der Waals surface area contributed by atoms with Crippen LogP contribution in [0.1, 0.15) is 44.7 Å². The maximum Gasteiger partial charge on any atom is 0.237 e. The van der Waals surface area contributed by atoms with Gasteiger partial charge in [-0.05, 0) is 42.0 Å². The van der Waals surface area contributed by atoms with Crippen LogP contribution in [-0.2, 0) is 16.8 Å². The predicted octanol–water partition coefficient (Wildman–Crippen LogP) is 1.93. The molecule has 1 aromatic rings. The molecule has 5 heteroatoms. The van der Waals surface area contributed by atoms with Crippen molar-refractivity contribution in [2.24, 2.45) is 5.73 Å². The van der Waals surface area contributed by atoms with E-state index in [9.17, 15) is 14.3 Å². The highest BCUT2D eigenvalue weighted by Gasteiger charge is 2.34. The third-order valence-electron chi connectivity index (χ3n) is 4.22. The first-order valence-electron chi connectivity index (χ1n) is 7.70. The fraction of sp³-hybridized carbons (Fsp3) is 0.588. The van der Waals surface area contributed by atoms with E-state index in [1.807, 2.05) is 31.7 Å². The highest BCUT2D eigenvalue weighted by atomic mass is 19.1. The molecule has 0 spiro atoms. The van der Waals surface area contributed by atoms with E-state index in [1.165, 1.54) is 6.07 Å². The topological polar surface area (TPSA) is 66.6 Å². The lowest BCUT2D eigenvalue weighted by molar-refractivity contribution is -0.130. The molecule has 0 bridgehead atoms. The molecule has 0 saturated carbocycles. The van der Waals surface area contributed by atoms with Crippen molar-refractivity contribution in [2.75, 3.05) is 6.54 Å². The fourth-order valence-corrected chi connectivity index (χ4v) is 3.09. The van der Waals surface area contributed by atoms with E-state index in [1.54, 1.807) is 6.07 Å². The number of rotatable bonds is 3. The molecule has 0 aliphatic carbocycles. The first-order valence-corrected chi connectivity index (χ1v) is 7.70. The van der Waals surface area contributed by atoms with Crippen LogP contribution in [0.5, 0.6) is 0 Å². The largest absolute Gasteiger partial charge is 0.391 e. The molecule has 2 unspecified atom stereocenters. The van der Waals surface area contributed by atoms with Gasteiger partial charge in [0.2, 0.25) is 5.91 Å². The van der Waals surface area contributed by atoms with Crippen LogP contribution in [0.3, 0.4) is 0 Å². The second-order valence-electron chi connectivity index (χ2n) is 7.09. The van der Waals surface area contributed by atoms with E-state index < -0.39 is 18.1 Å². The number of likely N-dealkylation sites (tertiary alicyclic amines) is 1. The van der Waals surface area contributed by atoms with Gasteiger partial charge in [-0.1, -0.05) is 32.9 Å². The smallest absolute Gasteiger partial charge is 0.237 e. The van der Waals surface area contributed by atoms with Crippen molar-refractivity contribution in [1.29, 1.82) is 0 Å². The Bertz CT molecular complexity index is 554. The minimum absolute atomic E-state index is 0.238. The molecule has 1 saturated heterocycles. The van der Waals surface area contributed by atoms with Gasteiger partial charge in [0.1, 0.15) is 11.9 Å². The van der Waals surface area contributed by atoms with Crippen LogP contribution >= 0.6 is 0 Å². The highest BCUT2D eigenvalue weighted by molar-refractivity contribution is 5.80. The van der Waals surface area contributed by atoms with Crippen molar-refractivity contribution in [3.63, 3.8) is 0 Å². The SMILES string of the molecule is CC(C)(C)c1ccc(CN2CCCC(O)C2C(N)=O)cc1F. The summed E-state index contributed by atoms with van der Waals surface area (Å²) in [4.78, 5) is 13.4. The Morgan fingerprint density at radius 1 is 1.45 bits per heavy atom. The minimum atomic E-state index is -0.745. The van der Waals surface area contributed by atoms with E-state index in [0.717, 1.165) is 12.0 Å². The molecular formula is C17H25FN2O2. The average molecular weight is 308 g/mol. The molecule has 22 heavy (non-hydrogen) atoms. The molecular weight excluding hydrogens is 283 g/mol. The quantitative estimate of drug-likeness (QED) is 0.896. The van der Waals surface area contributed by atoms with Gasteiger partial charge in [0.15, 0.2) is 0 Å². The van der Waals surface area contributed by atoms with E-state index in [0.29, 0.717) is 25.1 Å². The van der Waals surface area contributed by atoms with Gasteiger partial charge in [-0.2, -0.15) is 0 Å². The third-order valence-corrected chi connectivity index (χ3v) is 4.22. The van der Waals surface area contributed by atoms with Crippen LogP contribution in [0.25, 0.3) is 0 Å². The number of amides is 1. The number of aliphatic hydroxyl groups is 1. The molecule has 1 aliphatic rings. The summed E-state index contributed by atoms with van der Waals surface area (Å²) in [6.45, 7) is 6.99. The first kappa shape index (κ1) is 16.9.